The van der Waals surface area contributed by atoms with E-state index < -0.39 is 6.10 Å². The van der Waals surface area contributed by atoms with Crippen molar-refractivity contribution in [2.75, 3.05) is 20.3 Å². The lowest BCUT2D eigenvalue weighted by atomic mass is 10.2. The van der Waals surface area contributed by atoms with Gasteiger partial charge in [0.15, 0.2) is 6.10 Å². The van der Waals surface area contributed by atoms with Gasteiger partial charge in [0.2, 0.25) is 0 Å². The highest BCUT2D eigenvalue weighted by atomic mass is 19.1. The van der Waals surface area contributed by atoms with Crippen LogP contribution in [-0.2, 0) is 4.79 Å². The number of amides is 1. The Hall–Kier alpha value is -2.76. The molecule has 0 aliphatic carbocycles. The maximum Gasteiger partial charge on any atom is 0.261 e. The number of carbonyl (C=O) groups is 1. The number of hydrogen-bond donors (Lipinski definition) is 1. The van der Waals surface area contributed by atoms with Gasteiger partial charge in [0, 0.05) is 0 Å². The fourth-order valence-corrected chi connectivity index (χ4v) is 2.13. The Morgan fingerprint density at radius 1 is 1.04 bits per heavy atom. The maximum absolute atomic E-state index is 12.8. The van der Waals surface area contributed by atoms with E-state index in [1.54, 1.807) is 43.5 Å². The summed E-state index contributed by atoms with van der Waals surface area (Å²) in [5.41, 5.74) is 0. The van der Waals surface area contributed by atoms with E-state index in [2.05, 4.69) is 5.32 Å². The van der Waals surface area contributed by atoms with Crippen LogP contribution in [0.4, 0.5) is 4.39 Å². The Morgan fingerprint density at radius 2 is 1.64 bits per heavy atom. The number of methoxy groups -OCH3 is 1. The van der Waals surface area contributed by atoms with Gasteiger partial charge in [0.1, 0.15) is 29.7 Å². The van der Waals surface area contributed by atoms with Crippen LogP contribution in [-0.4, -0.2) is 32.3 Å². The van der Waals surface area contributed by atoms with Gasteiger partial charge in [-0.2, -0.15) is 0 Å². The van der Waals surface area contributed by atoms with Gasteiger partial charge in [-0.3, -0.25) is 4.79 Å². The fraction of sp³-hybridized carbons (Fsp3) is 0.316. The fourth-order valence-electron chi connectivity index (χ4n) is 2.13. The van der Waals surface area contributed by atoms with Crippen molar-refractivity contribution in [1.29, 1.82) is 0 Å². The SMILES string of the molecule is CC[C@H](Oc1ccc(OC)cc1)C(=O)NCCOc1ccc(F)cc1. The summed E-state index contributed by atoms with van der Waals surface area (Å²) in [7, 11) is 1.59. The normalized spacial score (nSPS) is 11.5. The number of carbonyl (C=O) groups excluding carboxylic acids is 1. The molecule has 0 unspecified atom stereocenters. The average Bonchev–Trinajstić information content (AvgIpc) is 2.65. The molecule has 2 aromatic carbocycles. The minimum atomic E-state index is -0.584. The van der Waals surface area contributed by atoms with Gasteiger partial charge in [-0.1, -0.05) is 6.92 Å². The predicted molar refractivity (Wildman–Crippen MR) is 92.6 cm³/mol. The van der Waals surface area contributed by atoms with Crippen molar-refractivity contribution >= 4 is 5.91 Å². The summed E-state index contributed by atoms with van der Waals surface area (Å²) in [5.74, 6) is 1.36. The van der Waals surface area contributed by atoms with E-state index in [0.29, 0.717) is 24.5 Å². The molecule has 0 aliphatic heterocycles. The van der Waals surface area contributed by atoms with Crippen molar-refractivity contribution in [3.63, 3.8) is 0 Å². The van der Waals surface area contributed by atoms with Crippen molar-refractivity contribution < 1.29 is 23.4 Å². The van der Waals surface area contributed by atoms with E-state index in [1.165, 1.54) is 12.1 Å². The standard InChI is InChI=1S/C19H22FNO4/c1-3-18(25-17-10-8-15(23-2)9-11-17)19(22)21-12-13-24-16-6-4-14(20)5-7-16/h4-11,18H,3,12-13H2,1-2H3,(H,21,22)/t18-/m0/s1. The van der Waals surface area contributed by atoms with E-state index in [0.717, 1.165) is 5.75 Å². The molecule has 0 bridgehead atoms. The summed E-state index contributed by atoms with van der Waals surface area (Å²) < 4.78 is 29.0. The van der Waals surface area contributed by atoms with Crippen LogP contribution in [0.2, 0.25) is 0 Å². The van der Waals surface area contributed by atoms with Crippen molar-refractivity contribution in [3.05, 3.63) is 54.3 Å². The van der Waals surface area contributed by atoms with Gasteiger partial charge in [-0.05, 0) is 55.0 Å². The number of hydrogen-bond acceptors (Lipinski definition) is 4. The molecule has 0 saturated carbocycles. The number of halogens is 1. The number of nitrogens with one attached hydrogen (secondary N) is 1. The van der Waals surface area contributed by atoms with Crippen LogP contribution < -0.4 is 19.5 Å². The Bertz CT molecular complexity index is 658. The highest BCUT2D eigenvalue weighted by molar-refractivity contribution is 5.81. The monoisotopic (exact) mass is 347 g/mol. The molecular weight excluding hydrogens is 325 g/mol. The van der Waals surface area contributed by atoms with Gasteiger partial charge < -0.3 is 19.5 Å². The minimum Gasteiger partial charge on any atom is -0.497 e. The summed E-state index contributed by atoms with van der Waals surface area (Å²) in [6, 6.07) is 12.8. The zero-order valence-electron chi connectivity index (χ0n) is 14.3. The van der Waals surface area contributed by atoms with Crippen LogP contribution in [0.15, 0.2) is 48.5 Å². The first-order valence-electron chi connectivity index (χ1n) is 8.09. The lowest BCUT2D eigenvalue weighted by molar-refractivity contribution is -0.128. The third-order valence-electron chi connectivity index (χ3n) is 3.48. The molecule has 0 saturated heterocycles. The second-order valence-corrected chi connectivity index (χ2v) is 5.28. The Morgan fingerprint density at radius 3 is 2.24 bits per heavy atom. The van der Waals surface area contributed by atoms with Gasteiger partial charge in [0.25, 0.3) is 5.91 Å². The van der Waals surface area contributed by atoms with Crippen molar-refractivity contribution in [3.8, 4) is 17.2 Å². The molecule has 1 amide bonds. The molecule has 6 heteroatoms. The zero-order valence-corrected chi connectivity index (χ0v) is 14.3. The smallest absolute Gasteiger partial charge is 0.261 e. The highest BCUT2D eigenvalue weighted by Gasteiger charge is 2.17. The molecule has 134 valence electrons. The lowest BCUT2D eigenvalue weighted by Crippen LogP contribution is -2.39. The molecule has 0 aliphatic rings. The van der Waals surface area contributed by atoms with Crippen LogP contribution in [0, 0.1) is 5.82 Å². The maximum atomic E-state index is 12.8. The first kappa shape index (κ1) is 18.6. The largest absolute Gasteiger partial charge is 0.497 e. The van der Waals surface area contributed by atoms with Crippen LogP contribution in [0.5, 0.6) is 17.2 Å². The van der Waals surface area contributed by atoms with Crippen LogP contribution in [0.1, 0.15) is 13.3 Å². The highest BCUT2D eigenvalue weighted by Crippen LogP contribution is 2.19. The second-order valence-electron chi connectivity index (χ2n) is 5.28. The molecule has 0 radical (unpaired) electrons. The molecule has 0 spiro atoms. The molecule has 2 aromatic rings. The van der Waals surface area contributed by atoms with E-state index >= 15 is 0 Å². The molecule has 5 nitrogen and oxygen atoms in total. The van der Waals surface area contributed by atoms with Crippen LogP contribution >= 0.6 is 0 Å². The number of rotatable bonds is 9. The molecule has 1 atom stereocenters. The number of benzene rings is 2. The lowest BCUT2D eigenvalue weighted by Gasteiger charge is -2.17. The Balaban J connectivity index is 1.75. The van der Waals surface area contributed by atoms with E-state index in [9.17, 15) is 9.18 Å². The van der Waals surface area contributed by atoms with Crippen molar-refractivity contribution in [2.45, 2.75) is 19.4 Å². The third kappa shape index (κ3) is 5.99. The minimum absolute atomic E-state index is 0.207. The summed E-state index contributed by atoms with van der Waals surface area (Å²) in [5, 5.41) is 2.77. The zero-order chi connectivity index (χ0) is 18.1. The quantitative estimate of drug-likeness (QED) is 0.708. The van der Waals surface area contributed by atoms with Gasteiger partial charge in [0.05, 0.1) is 13.7 Å². The summed E-state index contributed by atoms with van der Waals surface area (Å²) in [6.07, 6.45) is -0.0457. The molecule has 25 heavy (non-hydrogen) atoms. The van der Waals surface area contributed by atoms with Crippen LogP contribution in [0.25, 0.3) is 0 Å². The van der Waals surface area contributed by atoms with Gasteiger partial charge >= 0.3 is 0 Å². The summed E-state index contributed by atoms with van der Waals surface area (Å²) >= 11 is 0. The predicted octanol–water partition coefficient (Wildman–Crippen LogP) is 3.19. The Labute approximate surface area is 146 Å². The van der Waals surface area contributed by atoms with Crippen molar-refractivity contribution in [1.82, 2.24) is 5.32 Å². The molecule has 0 aromatic heterocycles. The molecule has 1 N–H and O–H groups in total. The first-order chi connectivity index (χ1) is 12.1. The first-order valence-corrected chi connectivity index (χ1v) is 8.09. The van der Waals surface area contributed by atoms with Crippen LogP contribution in [0.3, 0.4) is 0 Å². The summed E-state index contributed by atoms with van der Waals surface area (Å²) in [6.45, 7) is 2.50. The molecule has 2 rings (SSSR count). The van der Waals surface area contributed by atoms with Crippen molar-refractivity contribution in [2.24, 2.45) is 0 Å². The second kappa shape index (κ2) is 9.52. The Kier molecular flexibility index (Phi) is 7.07. The molecule has 0 heterocycles. The molecule has 0 fully saturated rings. The summed E-state index contributed by atoms with van der Waals surface area (Å²) in [4.78, 5) is 12.2. The van der Waals surface area contributed by atoms with E-state index in [4.69, 9.17) is 14.2 Å². The number of ether oxygens (including phenoxy) is 3. The van der Waals surface area contributed by atoms with E-state index in [1.807, 2.05) is 6.92 Å². The average molecular weight is 347 g/mol. The van der Waals surface area contributed by atoms with Gasteiger partial charge in [-0.15, -0.1) is 0 Å². The van der Waals surface area contributed by atoms with E-state index in [-0.39, 0.29) is 18.3 Å². The molecular formula is C19H22FNO4. The van der Waals surface area contributed by atoms with Gasteiger partial charge in [-0.25, -0.2) is 4.39 Å². The topological polar surface area (TPSA) is 56.8 Å². The third-order valence-corrected chi connectivity index (χ3v) is 3.48.